The first-order valence-electron chi connectivity index (χ1n) is 6.38. The Hall–Kier alpha value is -1.59. The Labute approximate surface area is 123 Å². The molecule has 1 heterocycles. The zero-order chi connectivity index (χ0) is 13.9. The van der Waals surface area contributed by atoms with Crippen LogP contribution >= 0.6 is 15.9 Å². The van der Waals surface area contributed by atoms with Gasteiger partial charge in [0.15, 0.2) is 6.10 Å². The van der Waals surface area contributed by atoms with Gasteiger partial charge in [-0.15, -0.1) is 0 Å². The SMILES string of the molecule is O=C1O[C@@H]2C3=C(C=C[C@H](O)[C@H]3O1)c1ccccc1[C@H]2Br. The van der Waals surface area contributed by atoms with E-state index in [1.165, 1.54) is 0 Å². The molecule has 20 heavy (non-hydrogen) atoms. The van der Waals surface area contributed by atoms with Crippen LogP contribution in [0.3, 0.4) is 0 Å². The number of carbonyl (C=O) groups excluding carboxylic acids is 1. The van der Waals surface area contributed by atoms with Gasteiger partial charge in [0, 0.05) is 5.57 Å². The molecule has 1 saturated heterocycles. The topological polar surface area (TPSA) is 55.8 Å². The maximum Gasteiger partial charge on any atom is 0.509 e. The number of allylic oxidation sites excluding steroid dienone is 2. The first kappa shape index (κ1) is 12.2. The van der Waals surface area contributed by atoms with E-state index < -0.39 is 24.5 Å². The maximum atomic E-state index is 11.6. The molecule has 4 nitrogen and oxygen atoms in total. The number of halogens is 1. The fourth-order valence-corrected chi connectivity index (χ4v) is 3.88. The van der Waals surface area contributed by atoms with E-state index in [-0.39, 0.29) is 4.83 Å². The van der Waals surface area contributed by atoms with E-state index in [1.54, 1.807) is 6.08 Å². The molecule has 0 saturated carbocycles. The molecular formula is C15H11BrO4. The van der Waals surface area contributed by atoms with Crippen LogP contribution in [0.25, 0.3) is 5.57 Å². The molecule has 0 spiro atoms. The molecule has 4 atom stereocenters. The molecule has 102 valence electrons. The third-order valence-electron chi connectivity index (χ3n) is 3.95. The first-order chi connectivity index (χ1) is 9.66. The van der Waals surface area contributed by atoms with Crippen molar-refractivity contribution in [2.24, 2.45) is 0 Å². The second-order valence-corrected chi connectivity index (χ2v) is 6.02. The van der Waals surface area contributed by atoms with Gasteiger partial charge < -0.3 is 14.6 Å². The second kappa shape index (κ2) is 4.20. The Bertz CT molecular complexity index is 664. The van der Waals surface area contributed by atoms with Crippen molar-refractivity contribution in [1.82, 2.24) is 0 Å². The quantitative estimate of drug-likeness (QED) is 0.585. The fourth-order valence-electron chi connectivity index (χ4n) is 3.08. The molecule has 5 heteroatoms. The lowest BCUT2D eigenvalue weighted by Crippen LogP contribution is -2.47. The maximum absolute atomic E-state index is 11.6. The number of benzene rings is 1. The number of hydrogen-bond donors (Lipinski definition) is 1. The van der Waals surface area contributed by atoms with Crippen molar-refractivity contribution >= 4 is 27.7 Å². The zero-order valence-electron chi connectivity index (χ0n) is 10.3. The number of ether oxygens (including phenoxy) is 2. The minimum absolute atomic E-state index is 0.133. The Morgan fingerprint density at radius 1 is 1.15 bits per heavy atom. The summed E-state index contributed by atoms with van der Waals surface area (Å²) in [6, 6.07) is 7.96. The summed E-state index contributed by atoms with van der Waals surface area (Å²) >= 11 is 3.61. The van der Waals surface area contributed by atoms with Gasteiger partial charge in [-0.2, -0.15) is 0 Å². The molecule has 1 aromatic rings. The number of aliphatic hydroxyl groups is 1. The largest absolute Gasteiger partial charge is 0.509 e. The van der Waals surface area contributed by atoms with Gasteiger partial charge in [0.25, 0.3) is 0 Å². The molecular weight excluding hydrogens is 324 g/mol. The molecule has 1 fully saturated rings. The summed E-state index contributed by atoms with van der Waals surface area (Å²) in [5.41, 5.74) is 3.96. The summed E-state index contributed by atoms with van der Waals surface area (Å²) in [6.07, 6.45) is 0.879. The van der Waals surface area contributed by atoms with E-state index in [2.05, 4.69) is 15.9 Å². The molecule has 1 aliphatic heterocycles. The van der Waals surface area contributed by atoms with E-state index in [1.807, 2.05) is 30.3 Å². The average Bonchev–Trinajstić information content (AvgIpc) is 2.46. The van der Waals surface area contributed by atoms with Gasteiger partial charge in [0.1, 0.15) is 12.2 Å². The third kappa shape index (κ3) is 1.53. The predicted octanol–water partition coefficient (Wildman–Crippen LogP) is 2.72. The summed E-state index contributed by atoms with van der Waals surface area (Å²) in [5.74, 6) is 0. The number of carbonyl (C=O) groups is 1. The molecule has 1 aromatic carbocycles. The fraction of sp³-hybridized carbons (Fsp3) is 0.267. The summed E-state index contributed by atoms with van der Waals surface area (Å²) in [7, 11) is 0. The number of alkyl halides is 1. The highest BCUT2D eigenvalue weighted by Crippen LogP contribution is 2.49. The van der Waals surface area contributed by atoms with E-state index in [9.17, 15) is 9.90 Å². The highest BCUT2D eigenvalue weighted by atomic mass is 79.9. The van der Waals surface area contributed by atoms with Gasteiger partial charge in [0.05, 0.1) is 4.83 Å². The Morgan fingerprint density at radius 2 is 1.90 bits per heavy atom. The van der Waals surface area contributed by atoms with Crippen molar-refractivity contribution < 1.29 is 19.4 Å². The van der Waals surface area contributed by atoms with E-state index >= 15 is 0 Å². The van der Waals surface area contributed by atoms with Crippen LogP contribution in [-0.2, 0) is 9.47 Å². The van der Waals surface area contributed by atoms with Gasteiger partial charge in [-0.3, -0.25) is 0 Å². The van der Waals surface area contributed by atoms with Crippen LogP contribution in [0.5, 0.6) is 0 Å². The Morgan fingerprint density at radius 3 is 2.75 bits per heavy atom. The van der Waals surface area contributed by atoms with Crippen LogP contribution in [0.2, 0.25) is 0 Å². The summed E-state index contributed by atoms with van der Waals surface area (Å²) in [5, 5.41) is 10.0. The molecule has 4 rings (SSSR count). The van der Waals surface area contributed by atoms with Crippen molar-refractivity contribution in [3.05, 3.63) is 53.1 Å². The highest BCUT2D eigenvalue weighted by Gasteiger charge is 2.47. The van der Waals surface area contributed by atoms with Crippen LogP contribution in [0.15, 0.2) is 42.0 Å². The molecule has 1 N–H and O–H groups in total. The lowest BCUT2D eigenvalue weighted by molar-refractivity contribution is -0.0536. The predicted molar refractivity (Wildman–Crippen MR) is 75.3 cm³/mol. The van der Waals surface area contributed by atoms with Crippen molar-refractivity contribution in [3.8, 4) is 0 Å². The lowest BCUT2D eigenvalue weighted by Gasteiger charge is -2.42. The van der Waals surface area contributed by atoms with Crippen molar-refractivity contribution in [1.29, 1.82) is 0 Å². The minimum atomic E-state index is -0.825. The van der Waals surface area contributed by atoms with Gasteiger partial charge in [0.2, 0.25) is 0 Å². The summed E-state index contributed by atoms with van der Waals surface area (Å²) in [6.45, 7) is 0. The number of aliphatic hydroxyl groups excluding tert-OH is 1. The highest BCUT2D eigenvalue weighted by molar-refractivity contribution is 9.09. The van der Waals surface area contributed by atoms with Crippen LogP contribution in [-0.4, -0.2) is 29.6 Å². The Kier molecular flexibility index (Phi) is 2.56. The Balaban J connectivity index is 1.97. The average molecular weight is 335 g/mol. The van der Waals surface area contributed by atoms with E-state index in [0.717, 1.165) is 22.3 Å². The second-order valence-electron chi connectivity index (χ2n) is 5.03. The van der Waals surface area contributed by atoms with Crippen LogP contribution in [0.4, 0.5) is 4.79 Å². The molecule has 3 aliphatic rings. The van der Waals surface area contributed by atoms with Gasteiger partial charge >= 0.3 is 6.16 Å². The molecule has 0 radical (unpaired) electrons. The zero-order valence-corrected chi connectivity index (χ0v) is 11.9. The lowest BCUT2D eigenvalue weighted by atomic mass is 9.77. The smallest absolute Gasteiger partial charge is 0.425 e. The molecule has 2 aliphatic carbocycles. The van der Waals surface area contributed by atoms with Gasteiger partial charge in [-0.05, 0) is 16.7 Å². The summed E-state index contributed by atoms with van der Waals surface area (Å²) in [4.78, 5) is 11.5. The number of rotatable bonds is 0. The number of hydrogen-bond acceptors (Lipinski definition) is 4. The third-order valence-corrected chi connectivity index (χ3v) is 4.93. The summed E-state index contributed by atoms with van der Waals surface area (Å²) < 4.78 is 10.5. The normalized spacial score (nSPS) is 34.0. The molecule has 0 amide bonds. The molecule has 0 unspecified atom stereocenters. The standard InChI is InChI=1S/C15H11BrO4/c16-12-9-4-2-1-3-7(9)8-5-6-10(17)13-11(8)14(12)20-15(18)19-13/h1-6,10,12-14,17H/t10-,12+,13+,14+/m0/s1. The minimum Gasteiger partial charge on any atom is -0.425 e. The van der Waals surface area contributed by atoms with Crippen LogP contribution < -0.4 is 0 Å². The van der Waals surface area contributed by atoms with Gasteiger partial charge in [-0.1, -0.05) is 52.3 Å². The van der Waals surface area contributed by atoms with E-state index in [0.29, 0.717) is 0 Å². The van der Waals surface area contributed by atoms with Crippen molar-refractivity contribution in [3.63, 3.8) is 0 Å². The van der Waals surface area contributed by atoms with Crippen molar-refractivity contribution in [2.45, 2.75) is 23.1 Å². The van der Waals surface area contributed by atoms with E-state index in [4.69, 9.17) is 9.47 Å². The van der Waals surface area contributed by atoms with Crippen LogP contribution in [0, 0.1) is 0 Å². The number of fused-ring (bicyclic) bond motifs is 2. The first-order valence-corrected chi connectivity index (χ1v) is 7.29. The molecule has 0 bridgehead atoms. The van der Waals surface area contributed by atoms with Crippen molar-refractivity contribution in [2.75, 3.05) is 0 Å². The monoisotopic (exact) mass is 334 g/mol. The van der Waals surface area contributed by atoms with Crippen LogP contribution in [0.1, 0.15) is 16.0 Å². The molecule has 0 aromatic heterocycles. The van der Waals surface area contributed by atoms with Gasteiger partial charge in [-0.25, -0.2) is 4.79 Å².